The van der Waals surface area contributed by atoms with Crippen molar-refractivity contribution in [1.82, 2.24) is 10.2 Å². The van der Waals surface area contributed by atoms with Gasteiger partial charge in [-0.25, -0.2) is 0 Å². The van der Waals surface area contributed by atoms with Gasteiger partial charge in [-0.3, -0.25) is 10.1 Å². The fourth-order valence-corrected chi connectivity index (χ4v) is 3.67. The van der Waals surface area contributed by atoms with Gasteiger partial charge >= 0.3 is 0 Å². The summed E-state index contributed by atoms with van der Waals surface area (Å²) in [4.78, 5) is 12.8. The summed E-state index contributed by atoms with van der Waals surface area (Å²) in [6, 6.07) is 17.2. The number of rotatable bonds is 9. The molecule has 7 heteroatoms. The molecule has 29 heavy (non-hydrogen) atoms. The van der Waals surface area contributed by atoms with Crippen LogP contribution >= 0.6 is 11.3 Å². The maximum atomic E-state index is 12.8. The molecule has 3 rings (SSSR count). The number of carbonyl (C=O) groups is 1. The van der Waals surface area contributed by atoms with Gasteiger partial charge in [-0.1, -0.05) is 53.8 Å². The predicted molar refractivity (Wildman–Crippen MR) is 115 cm³/mol. The van der Waals surface area contributed by atoms with E-state index in [-0.39, 0.29) is 11.3 Å². The van der Waals surface area contributed by atoms with E-state index >= 15 is 0 Å². The van der Waals surface area contributed by atoms with Crippen LogP contribution in [0.2, 0.25) is 0 Å². The maximum Gasteiger partial charge on any atom is 0.261 e. The lowest BCUT2D eigenvalue weighted by Crippen LogP contribution is -2.18. The number of hydrogen-bond donors (Lipinski definition) is 1. The quantitative estimate of drug-likeness (QED) is 0.524. The Kier molecular flexibility index (Phi) is 6.95. The van der Waals surface area contributed by atoms with E-state index in [4.69, 9.17) is 9.47 Å². The van der Waals surface area contributed by atoms with Gasteiger partial charge in [0.1, 0.15) is 17.4 Å². The van der Waals surface area contributed by atoms with Gasteiger partial charge in [0.05, 0.1) is 12.2 Å². The molecule has 0 saturated heterocycles. The topological polar surface area (TPSA) is 73.3 Å². The lowest BCUT2D eigenvalue weighted by Gasteiger charge is -2.21. The van der Waals surface area contributed by atoms with Crippen LogP contribution in [-0.4, -0.2) is 35.9 Å². The van der Waals surface area contributed by atoms with Gasteiger partial charge in [-0.15, -0.1) is 10.2 Å². The molecule has 0 aliphatic carbocycles. The maximum absolute atomic E-state index is 12.8. The van der Waals surface area contributed by atoms with E-state index in [1.54, 1.807) is 18.2 Å². The Labute approximate surface area is 174 Å². The molecule has 1 aromatic heterocycles. The van der Waals surface area contributed by atoms with E-state index in [9.17, 15) is 4.79 Å². The van der Waals surface area contributed by atoms with Crippen molar-refractivity contribution >= 4 is 22.4 Å². The van der Waals surface area contributed by atoms with Gasteiger partial charge < -0.3 is 9.47 Å². The second-order valence-electron chi connectivity index (χ2n) is 6.90. The van der Waals surface area contributed by atoms with Gasteiger partial charge in [0.15, 0.2) is 0 Å². The third-order valence-corrected chi connectivity index (χ3v) is 5.66. The first-order valence-corrected chi connectivity index (χ1v) is 10.3. The standard InChI is InChI=1S/C22H25N3O3S/c1-4-27-14-15-28-18-13-9-8-12-17(18)19(26)23-21-25-24-20(29-21)22(2,3)16-10-6-5-7-11-16/h5-13H,4,14-15H2,1-3H3,(H,23,25,26). The summed E-state index contributed by atoms with van der Waals surface area (Å²) in [5, 5.41) is 12.6. The molecule has 0 saturated carbocycles. The van der Waals surface area contributed by atoms with Gasteiger partial charge in [-0.2, -0.15) is 0 Å². The number of nitrogens with zero attached hydrogens (tertiary/aromatic N) is 2. The summed E-state index contributed by atoms with van der Waals surface area (Å²) in [5.41, 5.74) is 1.28. The number of amides is 1. The van der Waals surface area contributed by atoms with E-state index in [0.717, 1.165) is 10.6 Å². The minimum absolute atomic E-state index is 0.280. The van der Waals surface area contributed by atoms with Crippen LogP contribution in [0, 0.1) is 0 Å². The van der Waals surface area contributed by atoms with Crippen LogP contribution in [-0.2, 0) is 10.2 Å². The zero-order valence-corrected chi connectivity index (χ0v) is 17.7. The number of aromatic nitrogens is 2. The Balaban J connectivity index is 1.71. The van der Waals surface area contributed by atoms with Crippen molar-refractivity contribution in [3.63, 3.8) is 0 Å². The third-order valence-electron chi connectivity index (χ3n) is 4.50. The number of ether oxygens (including phenoxy) is 2. The third kappa shape index (κ3) is 5.19. The highest BCUT2D eigenvalue weighted by Crippen LogP contribution is 2.34. The molecule has 0 aliphatic heterocycles. The summed E-state index contributed by atoms with van der Waals surface area (Å²) < 4.78 is 11.0. The van der Waals surface area contributed by atoms with Gasteiger partial charge in [0.25, 0.3) is 5.91 Å². The summed E-state index contributed by atoms with van der Waals surface area (Å²) in [6.45, 7) is 7.60. The summed E-state index contributed by atoms with van der Waals surface area (Å²) in [7, 11) is 0. The molecule has 152 valence electrons. The van der Waals surface area contributed by atoms with Crippen LogP contribution in [0.25, 0.3) is 0 Å². The van der Waals surface area contributed by atoms with Crippen molar-refractivity contribution in [3.05, 3.63) is 70.7 Å². The fraction of sp³-hybridized carbons (Fsp3) is 0.318. The lowest BCUT2D eigenvalue weighted by atomic mass is 9.85. The molecule has 0 aliphatic rings. The van der Waals surface area contributed by atoms with E-state index in [2.05, 4.69) is 41.5 Å². The lowest BCUT2D eigenvalue weighted by molar-refractivity contribution is 0.0998. The van der Waals surface area contributed by atoms with Gasteiger partial charge in [-0.05, 0) is 38.5 Å². The number of carbonyl (C=O) groups excluding carboxylic acids is 1. The van der Waals surface area contributed by atoms with Crippen molar-refractivity contribution in [2.24, 2.45) is 0 Å². The molecule has 6 nitrogen and oxygen atoms in total. The first-order chi connectivity index (χ1) is 14.0. The summed E-state index contributed by atoms with van der Waals surface area (Å²) in [5.74, 6) is 0.233. The molecule has 1 heterocycles. The van der Waals surface area contributed by atoms with Gasteiger partial charge in [0.2, 0.25) is 5.13 Å². The number of anilines is 1. The van der Waals surface area contributed by atoms with E-state index in [1.807, 2.05) is 31.2 Å². The Hall–Kier alpha value is -2.77. The first kappa shape index (κ1) is 21.0. The summed E-state index contributed by atoms with van der Waals surface area (Å²) in [6.07, 6.45) is 0. The van der Waals surface area contributed by atoms with Crippen molar-refractivity contribution in [2.45, 2.75) is 26.2 Å². The summed E-state index contributed by atoms with van der Waals surface area (Å²) >= 11 is 1.37. The Morgan fingerprint density at radius 3 is 2.52 bits per heavy atom. The SMILES string of the molecule is CCOCCOc1ccccc1C(=O)Nc1nnc(C(C)(C)c2ccccc2)s1. The molecular weight excluding hydrogens is 386 g/mol. The zero-order chi connectivity index (χ0) is 20.7. The largest absolute Gasteiger partial charge is 0.490 e. The Bertz CT molecular complexity index is 941. The molecule has 1 N–H and O–H groups in total. The smallest absolute Gasteiger partial charge is 0.261 e. The Morgan fingerprint density at radius 1 is 1.03 bits per heavy atom. The van der Waals surface area contributed by atoms with Crippen molar-refractivity contribution in [1.29, 1.82) is 0 Å². The second-order valence-corrected chi connectivity index (χ2v) is 7.88. The van der Waals surface area contributed by atoms with Crippen LogP contribution in [0.3, 0.4) is 0 Å². The highest BCUT2D eigenvalue weighted by molar-refractivity contribution is 7.15. The fourth-order valence-electron chi connectivity index (χ4n) is 2.80. The number of benzene rings is 2. The van der Waals surface area contributed by atoms with Crippen molar-refractivity contribution in [2.75, 3.05) is 25.1 Å². The monoisotopic (exact) mass is 411 g/mol. The molecule has 0 fully saturated rings. The van der Waals surface area contributed by atoms with Crippen molar-refractivity contribution in [3.8, 4) is 5.75 Å². The molecular formula is C22H25N3O3S. The minimum Gasteiger partial charge on any atom is -0.490 e. The van der Waals surface area contributed by atoms with Crippen LogP contribution in [0.4, 0.5) is 5.13 Å². The average molecular weight is 412 g/mol. The molecule has 2 aromatic carbocycles. The second kappa shape index (κ2) is 9.62. The molecule has 0 unspecified atom stereocenters. The van der Waals surface area contributed by atoms with Crippen LogP contribution < -0.4 is 10.1 Å². The van der Waals surface area contributed by atoms with Crippen LogP contribution in [0.5, 0.6) is 5.75 Å². The molecule has 0 spiro atoms. The highest BCUT2D eigenvalue weighted by atomic mass is 32.1. The zero-order valence-electron chi connectivity index (χ0n) is 16.8. The van der Waals surface area contributed by atoms with E-state index < -0.39 is 0 Å². The normalized spacial score (nSPS) is 11.3. The van der Waals surface area contributed by atoms with E-state index in [1.165, 1.54) is 11.3 Å². The Morgan fingerprint density at radius 2 is 1.76 bits per heavy atom. The number of para-hydroxylation sites is 1. The molecule has 1 amide bonds. The van der Waals surface area contributed by atoms with Crippen LogP contribution in [0.1, 0.15) is 41.7 Å². The number of nitrogens with one attached hydrogen (secondary N) is 1. The van der Waals surface area contributed by atoms with Gasteiger partial charge in [0, 0.05) is 12.0 Å². The molecule has 0 atom stereocenters. The van der Waals surface area contributed by atoms with Crippen molar-refractivity contribution < 1.29 is 14.3 Å². The predicted octanol–water partition coefficient (Wildman–Crippen LogP) is 4.53. The minimum atomic E-state index is -0.303. The van der Waals surface area contributed by atoms with E-state index in [0.29, 0.717) is 36.3 Å². The average Bonchev–Trinajstić information content (AvgIpc) is 3.21. The molecule has 3 aromatic rings. The van der Waals surface area contributed by atoms with Crippen LogP contribution in [0.15, 0.2) is 54.6 Å². The molecule has 0 bridgehead atoms. The number of hydrogen-bond acceptors (Lipinski definition) is 6. The highest BCUT2D eigenvalue weighted by Gasteiger charge is 2.28. The molecule has 0 radical (unpaired) electrons. The first-order valence-electron chi connectivity index (χ1n) is 9.52.